The summed E-state index contributed by atoms with van der Waals surface area (Å²) in [6.07, 6.45) is 6.09. The summed E-state index contributed by atoms with van der Waals surface area (Å²) < 4.78 is 5.35. The number of carbonyl (C=O) groups is 1. The average molecular weight is 343 g/mol. The van der Waals surface area contributed by atoms with Crippen molar-refractivity contribution in [3.8, 4) is 5.75 Å². The van der Waals surface area contributed by atoms with Gasteiger partial charge < -0.3 is 14.7 Å². The third kappa shape index (κ3) is 3.17. The zero-order valence-electron chi connectivity index (χ0n) is 15.3. The molecule has 0 radical (unpaired) electrons. The Morgan fingerprint density at radius 2 is 1.92 bits per heavy atom. The molecule has 1 aromatic carbocycles. The second-order valence-corrected chi connectivity index (χ2v) is 8.85. The fraction of sp³-hybridized carbons (Fsp3) is 0.667. The lowest BCUT2D eigenvalue weighted by atomic mass is 9.64. The first-order valence-corrected chi connectivity index (χ1v) is 9.55. The van der Waals surface area contributed by atoms with Gasteiger partial charge in [0.15, 0.2) is 0 Å². The minimum Gasteiger partial charge on any atom is -0.497 e. The molecular weight excluding hydrogens is 314 g/mol. The Balaban J connectivity index is 1.29. The topological polar surface area (TPSA) is 49.8 Å². The molecule has 1 saturated heterocycles. The highest BCUT2D eigenvalue weighted by Crippen LogP contribution is 2.50. The van der Waals surface area contributed by atoms with E-state index in [1.165, 1.54) is 31.2 Å². The summed E-state index contributed by atoms with van der Waals surface area (Å²) >= 11 is 0. The van der Waals surface area contributed by atoms with Crippen molar-refractivity contribution in [3.63, 3.8) is 0 Å². The monoisotopic (exact) mass is 343 g/mol. The van der Waals surface area contributed by atoms with Gasteiger partial charge in [0.25, 0.3) is 0 Å². The molecule has 2 saturated carbocycles. The first-order chi connectivity index (χ1) is 11.9. The van der Waals surface area contributed by atoms with Gasteiger partial charge in [-0.3, -0.25) is 4.79 Å². The van der Waals surface area contributed by atoms with Crippen molar-refractivity contribution >= 4 is 5.91 Å². The molecule has 0 unspecified atom stereocenters. The van der Waals surface area contributed by atoms with Crippen molar-refractivity contribution in [2.24, 2.45) is 11.3 Å². The second-order valence-electron chi connectivity index (χ2n) is 8.85. The molecule has 1 spiro atoms. The summed E-state index contributed by atoms with van der Waals surface area (Å²) in [6.45, 7) is 3.68. The molecule has 136 valence electrons. The van der Waals surface area contributed by atoms with E-state index in [9.17, 15) is 9.90 Å². The predicted octanol–water partition coefficient (Wildman–Crippen LogP) is 3.34. The van der Waals surface area contributed by atoms with E-state index in [1.54, 1.807) is 7.11 Å². The lowest BCUT2D eigenvalue weighted by Gasteiger charge is -2.55. The number of carbonyl (C=O) groups excluding carboxylic acids is 1. The van der Waals surface area contributed by atoms with E-state index >= 15 is 0 Å². The van der Waals surface area contributed by atoms with Crippen LogP contribution in [0.1, 0.15) is 56.9 Å². The van der Waals surface area contributed by atoms with Gasteiger partial charge >= 0.3 is 0 Å². The molecule has 0 atom stereocenters. The van der Waals surface area contributed by atoms with Crippen LogP contribution in [0.5, 0.6) is 5.75 Å². The summed E-state index contributed by atoms with van der Waals surface area (Å²) in [5, 5.41) is 9.84. The first kappa shape index (κ1) is 16.9. The molecule has 4 nitrogen and oxygen atoms in total. The van der Waals surface area contributed by atoms with E-state index in [1.807, 2.05) is 17.9 Å². The quantitative estimate of drug-likeness (QED) is 0.916. The summed E-state index contributed by atoms with van der Waals surface area (Å²) in [4.78, 5) is 14.5. The molecule has 2 aliphatic carbocycles. The standard InChI is InChI=1S/C21H29NO3/c1-20(24)11-17(12-20)19(23)22-13-21(14-22)8-6-15(7-9-21)16-4-3-5-18(10-16)25-2/h3-5,10,15,17,24H,6-9,11-14H2,1-2H3. The minimum absolute atomic E-state index is 0.0560. The number of benzene rings is 1. The van der Waals surface area contributed by atoms with Crippen molar-refractivity contribution in [2.45, 2.75) is 57.0 Å². The molecular formula is C21H29NO3. The van der Waals surface area contributed by atoms with E-state index in [0.29, 0.717) is 24.2 Å². The second kappa shape index (κ2) is 6.01. The van der Waals surface area contributed by atoms with Crippen molar-refractivity contribution in [3.05, 3.63) is 29.8 Å². The number of ether oxygens (including phenoxy) is 1. The predicted molar refractivity (Wildman–Crippen MR) is 96.6 cm³/mol. The van der Waals surface area contributed by atoms with Crippen LogP contribution in [0, 0.1) is 11.3 Å². The largest absolute Gasteiger partial charge is 0.497 e. The minimum atomic E-state index is -0.613. The first-order valence-electron chi connectivity index (χ1n) is 9.55. The fourth-order valence-corrected chi connectivity index (χ4v) is 5.13. The molecule has 1 aliphatic heterocycles. The Morgan fingerprint density at radius 3 is 2.52 bits per heavy atom. The molecule has 25 heavy (non-hydrogen) atoms. The van der Waals surface area contributed by atoms with Crippen LogP contribution in [0.3, 0.4) is 0 Å². The summed E-state index contributed by atoms with van der Waals surface area (Å²) in [5.41, 5.74) is 1.13. The third-order valence-electron chi connectivity index (χ3n) is 6.70. The number of likely N-dealkylation sites (tertiary alicyclic amines) is 1. The molecule has 1 N–H and O–H groups in total. The zero-order valence-corrected chi connectivity index (χ0v) is 15.3. The highest BCUT2D eigenvalue weighted by Gasteiger charge is 2.51. The van der Waals surface area contributed by atoms with E-state index in [2.05, 4.69) is 18.2 Å². The van der Waals surface area contributed by atoms with Crippen molar-refractivity contribution in [1.29, 1.82) is 0 Å². The molecule has 0 bridgehead atoms. The van der Waals surface area contributed by atoms with Crippen LogP contribution in [0.4, 0.5) is 0 Å². The van der Waals surface area contributed by atoms with Gasteiger partial charge in [0, 0.05) is 24.4 Å². The molecule has 1 amide bonds. The Bertz CT molecular complexity index is 645. The number of hydrogen-bond donors (Lipinski definition) is 1. The number of nitrogens with zero attached hydrogens (tertiary/aromatic N) is 1. The molecule has 1 heterocycles. The van der Waals surface area contributed by atoms with Crippen LogP contribution in [-0.2, 0) is 4.79 Å². The van der Waals surface area contributed by atoms with Gasteiger partial charge in [-0.25, -0.2) is 0 Å². The highest BCUT2D eigenvalue weighted by atomic mass is 16.5. The Kier molecular flexibility index (Phi) is 4.06. The van der Waals surface area contributed by atoms with Gasteiger partial charge in [0.05, 0.1) is 12.7 Å². The Morgan fingerprint density at radius 1 is 1.24 bits per heavy atom. The highest BCUT2D eigenvalue weighted by molar-refractivity contribution is 5.81. The maximum atomic E-state index is 12.5. The van der Waals surface area contributed by atoms with Gasteiger partial charge in [-0.15, -0.1) is 0 Å². The van der Waals surface area contributed by atoms with E-state index in [0.717, 1.165) is 18.8 Å². The maximum absolute atomic E-state index is 12.5. The lowest BCUT2D eigenvalue weighted by Crippen LogP contribution is -2.62. The molecule has 1 aromatic rings. The Labute approximate surface area is 150 Å². The van der Waals surface area contributed by atoms with Gasteiger partial charge in [-0.1, -0.05) is 12.1 Å². The molecule has 4 heteroatoms. The normalized spacial score (nSPS) is 31.3. The van der Waals surface area contributed by atoms with Crippen LogP contribution in [0.15, 0.2) is 24.3 Å². The van der Waals surface area contributed by atoms with Gasteiger partial charge in [-0.05, 0) is 69.1 Å². The van der Waals surface area contributed by atoms with Crippen LogP contribution >= 0.6 is 0 Å². The maximum Gasteiger partial charge on any atom is 0.225 e. The van der Waals surface area contributed by atoms with Gasteiger partial charge in [-0.2, -0.15) is 0 Å². The van der Waals surface area contributed by atoms with Crippen LogP contribution in [-0.4, -0.2) is 41.7 Å². The average Bonchev–Trinajstić information content (AvgIpc) is 2.57. The number of hydrogen-bond acceptors (Lipinski definition) is 3. The summed E-state index contributed by atoms with van der Waals surface area (Å²) in [6, 6.07) is 8.46. The van der Waals surface area contributed by atoms with Gasteiger partial charge in [0.1, 0.15) is 5.75 Å². The lowest BCUT2D eigenvalue weighted by molar-refractivity contribution is -0.163. The molecule has 3 aliphatic rings. The SMILES string of the molecule is COc1cccc(C2CCC3(CC2)CN(C(=O)C2CC(C)(O)C2)C3)c1. The third-order valence-corrected chi connectivity index (χ3v) is 6.70. The number of rotatable bonds is 3. The number of aliphatic hydroxyl groups is 1. The van der Waals surface area contributed by atoms with Crippen molar-refractivity contribution in [1.82, 2.24) is 4.90 Å². The summed E-state index contributed by atoms with van der Waals surface area (Å²) in [5.74, 6) is 1.88. The fourth-order valence-electron chi connectivity index (χ4n) is 5.13. The number of amides is 1. The molecule has 0 aromatic heterocycles. The van der Waals surface area contributed by atoms with Gasteiger partial charge in [0.2, 0.25) is 5.91 Å². The van der Waals surface area contributed by atoms with Crippen LogP contribution < -0.4 is 4.74 Å². The smallest absolute Gasteiger partial charge is 0.225 e. The number of methoxy groups -OCH3 is 1. The molecule has 4 rings (SSSR count). The van der Waals surface area contributed by atoms with E-state index in [4.69, 9.17) is 4.74 Å². The van der Waals surface area contributed by atoms with Crippen LogP contribution in [0.25, 0.3) is 0 Å². The van der Waals surface area contributed by atoms with Crippen molar-refractivity contribution in [2.75, 3.05) is 20.2 Å². The van der Waals surface area contributed by atoms with E-state index in [-0.39, 0.29) is 11.8 Å². The van der Waals surface area contributed by atoms with E-state index < -0.39 is 5.60 Å². The van der Waals surface area contributed by atoms with Crippen LogP contribution in [0.2, 0.25) is 0 Å². The van der Waals surface area contributed by atoms with Crippen molar-refractivity contribution < 1.29 is 14.6 Å². The summed E-state index contributed by atoms with van der Waals surface area (Å²) in [7, 11) is 1.72. The Hall–Kier alpha value is -1.55. The molecule has 3 fully saturated rings. The zero-order chi connectivity index (χ0) is 17.7.